The lowest BCUT2D eigenvalue weighted by Crippen LogP contribution is -2.47. The van der Waals surface area contributed by atoms with Gasteiger partial charge in [-0.3, -0.25) is 0 Å². The number of allylic oxidation sites excluding steroid dienone is 2. The zero-order valence-corrected chi connectivity index (χ0v) is 22.8. The van der Waals surface area contributed by atoms with Gasteiger partial charge >= 0.3 is 6.36 Å². The number of unbranched alkanes of at least 4 members (excludes halogenated alkanes) is 1. The molecule has 1 aromatic heterocycles. The molecule has 0 spiro atoms. The number of nitrogens with one attached hydrogen (secondary N) is 2. The number of halogens is 5. The van der Waals surface area contributed by atoms with E-state index in [-0.39, 0.29) is 16.8 Å². The topological polar surface area (TPSA) is 58.7 Å². The number of alkyl halides is 3. The van der Waals surface area contributed by atoms with Crippen LogP contribution in [0, 0.1) is 0 Å². The van der Waals surface area contributed by atoms with Crippen LogP contribution in [-0.2, 0) is 0 Å². The van der Waals surface area contributed by atoms with Crippen LogP contribution in [0.2, 0.25) is 10.0 Å². The highest BCUT2D eigenvalue weighted by molar-refractivity contribution is 7.80. The van der Waals surface area contributed by atoms with Crippen molar-refractivity contribution in [3.8, 4) is 17.2 Å². The van der Waals surface area contributed by atoms with Crippen LogP contribution in [0.3, 0.4) is 0 Å². The third-order valence-corrected chi connectivity index (χ3v) is 6.61. The number of benzene rings is 1. The van der Waals surface area contributed by atoms with E-state index in [0.29, 0.717) is 34.8 Å². The molecule has 0 aliphatic carbocycles. The molecule has 1 saturated heterocycles. The fourth-order valence-corrected chi connectivity index (χ4v) is 4.62. The second-order valence-corrected chi connectivity index (χ2v) is 9.66. The summed E-state index contributed by atoms with van der Waals surface area (Å²) in [6.45, 7) is 5.57. The van der Waals surface area contributed by atoms with E-state index in [9.17, 15) is 13.2 Å². The Balaban J connectivity index is 1.58. The highest BCUT2D eigenvalue weighted by Crippen LogP contribution is 2.39. The summed E-state index contributed by atoms with van der Waals surface area (Å²) in [6.07, 6.45) is 3.64. The molecule has 0 atom stereocenters. The van der Waals surface area contributed by atoms with Gasteiger partial charge in [0.05, 0.1) is 5.02 Å². The number of hydrogen-bond donors (Lipinski definition) is 2. The number of anilines is 1. The molecular weight excluding hydrogens is 548 g/mol. The van der Waals surface area contributed by atoms with Crippen molar-refractivity contribution in [1.29, 1.82) is 0 Å². The molecule has 0 bridgehead atoms. The first kappa shape index (κ1) is 29.1. The predicted octanol–water partition coefficient (Wildman–Crippen LogP) is 7.61. The highest BCUT2D eigenvalue weighted by Gasteiger charge is 2.32. The monoisotopic (exact) mass is 576 g/mol. The van der Waals surface area contributed by atoms with Crippen LogP contribution >= 0.6 is 35.4 Å². The highest BCUT2D eigenvalue weighted by atomic mass is 35.5. The molecule has 1 aromatic carbocycles. The van der Waals surface area contributed by atoms with Gasteiger partial charge in [-0.25, -0.2) is 4.98 Å². The molecule has 37 heavy (non-hydrogen) atoms. The van der Waals surface area contributed by atoms with E-state index in [1.807, 2.05) is 13.0 Å². The molecule has 2 N–H and O–H groups in total. The average Bonchev–Trinajstić information content (AvgIpc) is 2.84. The number of rotatable bonds is 9. The second kappa shape index (κ2) is 13.4. The van der Waals surface area contributed by atoms with Crippen LogP contribution in [0.1, 0.15) is 46.0 Å². The molecule has 3 rings (SSSR count). The molecule has 1 fully saturated rings. The van der Waals surface area contributed by atoms with E-state index in [1.54, 1.807) is 12.3 Å². The average molecular weight is 578 g/mol. The van der Waals surface area contributed by atoms with Crippen molar-refractivity contribution in [1.82, 2.24) is 15.6 Å². The molecule has 2 aromatic rings. The number of thiocarbonyl (C=S) groups is 1. The Morgan fingerprint density at radius 1 is 1.22 bits per heavy atom. The number of aromatic nitrogens is 1. The lowest BCUT2D eigenvalue weighted by Gasteiger charge is -2.34. The molecular formula is C25H29Cl2F3N4O2S. The number of nitrogens with zero attached hydrogens (tertiary/aromatic N) is 2. The molecule has 202 valence electrons. The maximum absolute atomic E-state index is 12.5. The van der Waals surface area contributed by atoms with Gasteiger partial charge < -0.3 is 25.0 Å². The van der Waals surface area contributed by atoms with Crippen LogP contribution < -0.4 is 25.0 Å². The summed E-state index contributed by atoms with van der Waals surface area (Å²) in [5.74, 6) is 0.569. The van der Waals surface area contributed by atoms with Crippen molar-refractivity contribution < 1.29 is 22.6 Å². The summed E-state index contributed by atoms with van der Waals surface area (Å²) in [5, 5.41) is 7.37. The van der Waals surface area contributed by atoms with E-state index in [2.05, 4.69) is 32.2 Å². The SMILES string of the molecule is C/C=C(\CCCC)NC(=S)NC1CCN(c2nccc(Oc3ccc(OC(F)(F)F)c(Cl)c3)c2Cl)CC1. The van der Waals surface area contributed by atoms with Gasteiger partial charge in [-0.2, -0.15) is 0 Å². The summed E-state index contributed by atoms with van der Waals surface area (Å²) in [5.41, 5.74) is 1.12. The van der Waals surface area contributed by atoms with E-state index >= 15 is 0 Å². The summed E-state index contributed by atoms with van der Waals surface area (Å²) in [7, 11) is 0. The number of piperidine rings is 1. The smallest absolute Gasteiger partial charge is 0.456 e. The van der Waals surface area contributed by atoms with Crippen LogP contribution in [0.15, 0.2) is 42.2 Å². The van der Waals surface area contributed by atoms with Crippen LogP contribution in [0.5, 0.6) is 17.2 Å². The molecule has 0 unspecified atom stereocenters. The first-order valence-corrected chi connectivity index (χ1v) is 13.1. The van der Waals surface area contributed by atoms with E-state index in [4.69, 9.17) is 40.2 Å². The Morgan fingerprint density at radius 3 is 2.57 bits per heavy atom. The standard InChI is InChI=1S/C25H29Cl2F3N4O2S/c1-3-5-6-16(4-2)32-24(37)33-17-10-13-34(14-11-17)23-22(27)21(9-12-31-23)35-18-7-8-20(19(26)15-18)36-25(28,29)30/h4,7-9,12,15,17H,3,5-6,10-11,13-14H2,1-2H3,(H2,32,33,37)/b16-4+. The Morgan fingerprint density at radius 2 is 1.95 bits per heavy atom. The Labute approximate surface area is 230 Å². The van der Waals surface area contributed by atoms with Crippen molar-refractivity contribution in [2.45, 2.75) is 58.4 Å². The number of hydrogen-bond acceptors (Lipinski definition) is 5. The minimum absolute atomic E-state index is 0.210. The van der Waals surface area contributed by atoms with Crippen LogP contribution in [0.4, 0.5) is 19.0 Å². The minimum atomic E-state index is -4.84. The van der Waals surface area contributed by atoms with Crippen molar-refractivity contribution in [3.63, 3.8) is 0 Å². The normalized spacial score (nSPS) is 14.9. The number of pyridine rings is 1. The van der Waals surface area contributed by atoms with Gasteiger partial charge in [0.2, 0.25) is 0 Å². The summed E-state index contributed by atoms with van der Waals surface area (Å²) in [4.78, 5) is 6.48. The van der Waals surface area contributed by atoms with E-state index < -0.39 is 12.1 Å². The van der Waals surface area contributed by atoms with Crippen LogP contribution in [0.25, 0.3) is 0 Å². The summed E-state index contributed by atoms with van der Waals surface area (Å²) < 4.78 is 47.1. The Hall–Kier alpha value is -2.43. The van der Waals surface area contributed by atoms with Gasteiger partial charge in [0.15, 0.2) is 16.7 Å². The Kier molecular flexibility index (Phi) is 10.5. The van der Waals surface area contributed by atoms with Gasteiger partial charge in [0.1, 0.15) is 16.5 Å². The third-order valence-electron chi connectivity index (χ3n) is 5.74. The second-order valence-electron chi connectivity index (χ2n) is 8.47. The fourth-order valence-electron chi connectivity index (χ4n) is 3.84. The first-order chi connectivity index (χ1) is 17.6. The van der Waals surface area contributed by atoms with Crippen LogP contribution in [-0.4, -0.2) is 35.6 Å². The summed E-state index contributed by atoms with van der Waals surface area (Å²) in [6, 6.07) is 5.43. The largest absolute Gasteiger partial charge is 0.573 e. The summed E-state index contributed by atoms with van der Waals surface area (Å²) >= 11 is 18.0. The molecule has 2 heterocycles. The van der Waals surface area contributed by atoms with Gasteiger partial charge in [-0.1, -0.05) is 42.6 Å². The van der Waals surface area contributed by atoms with Crippen molar-refractivity contribution >= 4 is 46.4 Å². The van der Waals surface area contributed by atoms with Gasteiger partial charge in [0.25, 0.3) is 0 Å². The van der Waals surface area contributed by atoms with E-state index in [1.165, 1.54) is 12.1 Å². The maximum Gasteiger partial charge on any atom is 0.573 e. The molecule has 6 nitrogen and oxygen atoms in total. The zero-order valence-electron chi connectivity index (χ0n) is 20.5. The lowest BCUT2D eigenvalue weighted by molar-refractivity contribution is -0.274. The predicted molar refractivity (Wildman–Crippen MR) is 145 cm³/mol. The molecule has 12 heteroatoms. The molecule has 0 saturated carbocycles. The molecule has 1 aliphatic heterocycles. The first-order valence-electron chi connectivity index (χ1n) is 11.9. The van der Waals surface area contributed by atoms with Crippen molar-refractivity contribution in [3.05, 3.63) is 52.3 Å². The minimum Gasteiger partial charge on any atom is -0.456 e. The van der Waals surface area contributed by atoms with E-state index in [0.717, 1.165) is 43.9 Å². The van der Waals surface area contributed by atoms with Gasteiger partial charge in [0, 0.05) is 43.2 Å². The number of ether oxygens (including phenoxy) is 2. The quantitative estimate of drug-likeness (QED) is 0.298. The zero-order chi connectivity index (χ0) is 27.0. The lowest BCUT2D eigenvalue weighted by atomic mass is 10.1. The maximum atomic E-state index is 12.5. The molecule has 1 aliphatic rings. The van der Waals surface area contributed by atoms with Crippen molar-refractivity contribution in [2.75, 3.05) is 18.0 Å². The molecule has 0 radical (unpaired) electrons. The third kappa shape index (κ3) is 8.83. The Bertz CT molecular complexity index is 1110. The van der Waals surface area contributed by atoms with Gasteiger partial charge in [-0.05, 0) is 57.0 Å². The molecule has 0 amide bonds. The van der Waals surface area contributed by atoms with Gasteiger partial charge in [-0.15, -0.1) is 13.2 Å². The fraction of sp³-hybridized carbons (Fsp3) is 0.440. The van der Waals surface area contributed by atoms with Crippen molar-refractivity contribution in [2.24, 2.45) is 0 Å².